The molecule has 2 aromatic rings. The van der Waals surface area contributed by atoms with Crippen LogP contribution in [0.4, 0.5) is 0 Å². The molecule has 2 nitrogen and oxygen atoms in total. The van der Waals surface area contributed by atoms with Gasteiger partial charge in [0.15, 0.2) is 0 Å². The number of carbonyl (C=O) groups excluding carboxylic acids is 1. The highest BCUT2D eigenvalue weighted by molar-refractivity contribution is 6.77. The molecule has 0 aliphatic carbocycles. The summed E-state index contributed by atoms with van der Waals surface area (Å²) in [6.07, 6.45) is 1.19. The number of allylic oxidation sites excluding steroid dienone is 1. The van der Waals surface area contributed by atoms with E-state index in [1.54, 1.807) is 0 Å². The van der Waals surface area contributed by atoms with Gasteiger partial charge in [-0.2, -0.15) is 0 Å². The van der Waals surface area contributed by atoms with Crippen molar-refractivity contribution in [3.05, 3.63) is 66.2 Å². The SMILES string of the molecule is CO/C(=C\C(=O)C(Cl)(Cl)Cl)c1ccc(-c2ccccc2)cc1. The van der Waals surface area contributed by atoms with Crippen LogP contribution in [-0.4, -0.2) is 16.7 Å². The van der Waals surface area contributed by atoms with Gasteiger partial charge < -0.3 is 4.74 Å². The van der Waals surface area contributed by atoms with Crippen LogP contribution in [0.3, 0.4) is 0 Å². The maximum atomic E-state index is 11.7. The van der Waals surface area contributed by atoms with Crippen molar-refractivity contribution in [2.24, 2.45) is 0 Å². The summed E-state index contributed by atoms with van der Waals surface area (Å²) in [5, 5.41) is 0. The van der Waals surface area contributed by atoms with Crippen LogP contribution in [0.2, 0.25) is 0 Å². The van der Waals surface area contributed by atoms with Crippen LogP contribution in [0, 0.1) is 0 Å². The van der Waals surface area contributed by atoms with Gasteiger partial charge in [0.25, 0.3) is 3.79 Å². The molecule has 0 spiro atoms. The lowest BCUT2D eigenvalue weighted by atomic mass is 10.0. The second-order valence-corrected chi connectivity index (χ2v) is 6.80. The van der Waals surface area contributed by atoms with Gasteiger partial charge in [-0.1, -0.05) is 89.4 Å². The van der Waals surface area contributed by atoms with E-state index in [-0.39, 0.29) is 0 Å². The molecular weight excluding hydrogens is 343 g/mol. The molecule has 0 unspecified atom stereocenters. The monoisotopic (exact) mass is 354 g/mol. The third-order valence-corrected chi connectivity index (χ3v) is 3.60. The molecule has 114 valence electrons. The second-order valence-electron chi connectivity index (χ2n) is 4.52. The summed E-state index contributed by atoms with van der Waals surface area (Å²) in [6.45, 7) is 0. The van der Waals surface area contributed by atoms with Crippen LogP contribution >= 0.6 is 34.8 Å². The topological polar surface area (TPSA) is 26.3 Å². The Kier molecular flexibility index (Phi) is 5.52. The standard InChI is InChI=1S/C17H13Cl3O2/c1-22-15(11-16(21)17(18,19)20)14-9-7-13(8-10-14)12-5-3-2-4-6-12/h2-11H,1H3/b15-11-. The average Bonchev–Trinajstić information content (AvgIpc) is 2.52. The number of hydrogen-bond donors (Lipinski definition) is 0. The highest BCUT2D eigenvalue weighted by Gasteiger charge is 2.29. The molecule has 5 heteroatoms. The van der Waals surface area contributed by atoms with Crippen LogP contribution in [0.1, 0.15) is 5.56 Å². The van der Waals surface area contributed by atoms with E-state index in [1.807, 2.05) is 54.6 Å². The zero-order valence-corrected chi connectivity index (χ0v) is 14.0. The summed E-state index contributed by atoms with van der Waals surface area (Å²) >= 11 is 16.7. The molecule has 2 rings (SSSR count). The lowest BCUT2D eigenvalue weighted by Crippen LogP contribution is -2.16. The Morgan fingerprint density at radius 1 is 0.955 bits per heavy atom. The predicted molar refractivity (Wildman–Crippen MR) is 92.2 cm³/mol. The van der Waals surface area contributed by atoms with Gasteiger partial charge >= 0.3 is 0 Å². The summed E-state index contributed by atoms with van der Waals surface area (Å²) in [5.41, 5.74) is 2.90. The molecule has 0 aliphatic rings. The van der Waals surface area contributed by atoms with Crippen LogP contribution in [0.25, 0.3) is 16.9 Å². The lowest BCUT2D eigenvalue weighted by Gasteiger charge is -2.10. The number of alkyl halides is 3. The van der Waals surface area contributed by atoms with E-state index >= 15 is 0 Å². The number of rotatable bonds is 4. The van der Waals surface area contributed by atoms with Gasteiger partial charge in [0.05, 0.1) is 7.11 Å². The van der Waals surface area contributed by atoms with Gasteiger partial charge in [-0.3, -0.25) is 4.79 Å². The Bertz CT molecular complexity index is 671. The minimum atomic E-state index is -1.99. The summed E-state index contributed by atoms with van der Waals surface area (Å²) in [7, 11) is 1.46. The lowest BCUT2D eigenvalue weighted by molar-refractivity contribution is -0.113. The van der Waals surface area contributed by atoms with E-state index in [9.17, 15) is 4.79 Å². The molecule has 0 bridgehead atoms. The molecule has 2 aromatic carbocycles. The van der Waals surface area contributed by atoms with E-state index in [4.69, 9.17) is 39.5 Å². The third kappa shape index (κ3) is 4.26. The maximum Gasteiger partial charge on any atom is 0.252 e. The summed E-state index contributed by atoms with van der Waals surface area (Å²) in [5.74, 6) is -0.308. The Labute approximate surface area is 144 Å². The number of ketones is 1. The third-order valence-electron chi connectivity index (χ3n) is 3.04. The molecule has 0 radical (unpaired) electrons. The zero-order chi connectivity index (χ0) is 16.2. The first-order valence-electron chi connectivity index (χ1n) is 6.44. The molecule has 0 amide bonds. The van der Waals surface area contributed by atoms with Crippen LogP contribution in [0.15, 0.2) is 60.7 Å². The van der Waals surface area contributed by atoms with E-state index < -0.39 is 9.58 Å². The largest absolute Gasteiger partial charge is 0.496 e. The minimum Gasteiger partial charge on any atom is -0.496 e. The van der Waals surface area contributed by atoms with Crippen molar-refractivity contribution in [2.45, 2.75) is 3.79 Å². The van der Waals surface area contributed by atoms with Crippen molar-refractivity contribution in [3.8, 4) is 11.1 Å². The fraction of sp³-hybridized carbons (Fsp3) is 0.118. The van der Waals surface area contributed by atoms with Crippen LogP contribution < -0.4 is 0 Å². The Hall–Kier alpha value is -1.48. The summed E-state index contributed by atoms with van der Waals surface area (Å²) in [6, 6.07) is 17.5. The number of ether oxygens (including phenoxy) is 1. The maximum absolute atomic E-state index is 11.7. The van der Waals surface area contributed by atoms with Crippen molar-refractivity contribution in [1.82, 2.24) is 0 Å². The number of hydrogen-bond acceptors (Lipinski definition) is 2. The quantitative estimate of drug-likeness (QED) is 0.424. The van der Waals surface area contributed by atoms with Gasteiger partial charge in [-0.15, -0.1) is 0 Å². The fourth-order valence-corrected chi connectivity index (χ4v) is 2.08. The van der Waals surface area contributed by atoms with Gasteiger partial charge in [0.2, 0.25) is 5.78 Å². The smallest absolute Gasteiger partial charge is 0.252 e. The predicted octanol–water partition coefficient (Wildman–Crippen LogP) is 5.28. The van der Waals surface area contributed by atoms with Crippen molar-refractivity contribution in [1.29, 1.82) is 0 Å². The van der Waals surface area contributed by atoms with E-state index in [1.165, 1.54) is 13.2 Å². The molecule has 0 N–H and O–H groups in total. The fourth-order valence-electron chi connectivity index (χ4n) is 1.92. The molecular formula is C17H13Cl3O2. The molecule has 0 aromatic heterocycles. The first-order valence-corrected chi connectivity index (χ1v) is 7.58. The summed E-state index contributed by atoms with van der Waals surface area (Å²) < 4.78 is 3.22. The van der Waals surface area contributed by atoms with Crippen LogP contribution in [0.5, 0.6) is 0 Å². The van der Waals surface area contributed by atoms with E-state index in [0.29, 0.717) is 5.76 Å². The van der Waals surface area contributed by atoms with E-state index in [2.05, 4.69) is 0 Å². The number of methoxy groups -OCH3 is 1. The number of benzene rings is 2. The highest BCUT2D eigenvalue weighted by Crippen LogP contribution is 2.29. The zero-order valence-electron chi connectivity index (χ0n) is 11.7. The highest BCUT2D eigenvalue weighted by atomic mass is 35.6. The van der Waals surface area contributed by atoms with Crippen molar-refractivity contribution in [2.75, 3.05) is 7.11 Å². The molecule has 0 fully saturated rings. The van der Waals surface area contributed by atoms with Gasteiger partial charge in [-0.05, 0) is 11.1 Å². The molecule has 0 saturated carbocycles. The van der Waals surface area contributed by atoms with Crippen LogP contribution in [-0.2, 0) is 9.53 Å². The summed E-state index contributed by atoms with van der Waals surface area (Å²) in [4.78, 5) is 11.7. The Morgan fingerprint density at radius 3 is 2.00 bits per heavy atom. The van der Waals surface area contributed by atoms with Gasteiger partial charge in [0, 0.05) is 11.6 Å². The Morgan fingerprint density at radius 2 is 1.50 bits per heavy atom. The van der Waals surface area contributed by atoms with Crippen molar-refractivity contribution in [3.63, 3.8) is 0 Å². The first kappa shape index (κ1) is 16.9. The van der Waals surface area contributed by atoms with Crippen molar-refractivity contribution >= 4 is 46.3 Å². The molecule has 0 saturated heterocycles. The molecule has 0 heterocycles. The minimum absolute atomic E-state index is 0.343. The molecule has 0 atom stereocenters. The normalized spacial score (nSPS) is 12.1. The number of carbonyl (C=O) groups is 1. The first-order chi connectivity index (χ1) is 10.4. The van der Waals surface area contributed by atoms with Crippen molar-refractivity contribution < 1.29 is 9.53 Å². The van der Waals surface area contributed by atoms with Gasteiger partial charge in [-0.25, -0.2) is 0 Å². The second kappa shape index (κ2) is 7.19. The Balaban J connectivity index is 2.29. The molecule has 22 heavy (non-hydrogen) atoms. The average molecular weight is 356 g/mol. The van der Waals surface area contributed by atoms with Gasteiger partial charge in [0.1, 0.15) is 5.76 Å². The van der Waals surface area contributed by atoms with E-state index in [0.717, 1.165) is 16.7 Å². The molecule has 0 aliphatic heterocycles. The number of halogens is 3.